The molecule has 0 saturated heterocycles. The van der Waals surface area contributed by atoms with Gasteiger partial charge in [-0.15, -0.1) is 0 Å². The monoisotopic (exact) mass is 412 g/mol. The summed E-state index contributed by atoms with van der Waals surface area (Å²) in [5.74, 6) is 0.313. The second kappa shape index (κ2) is 9.76. The number of nitrogens with one attached hydrogen (secondary N) is 2. The minimum atomic E-state index is -3.65. The van der Waals surface area contributed by atoms with Crippen LogP contribution >= 0.6 is 0 Å². The summed E-state index contributed by atoms with van der Waals surface area (Å²) in [6.07, 6.45) is 4.82. The smallest absolute Gasteiger partial charge is 0.240 e. The summed E-state index contributed by atoms with van der Waals surface area (Å²) < 4.78 is 32.5. The molecule has 0 bridgehead atoms. The van der Waals surface area contributed by atoms with Crippen molar-refractivity contribution in [2.24, 2.45) is 0 Å². The Bertz CT molecular complexity index is 1040. The van der Waals surface area contributed by atoms with Gasteiger partial charge in [0.2, 0.25) is 15.9 Å². The minimum Gasteiger partial charge on any atom is -0.485 e. The standard InChI is InChI=1S/C20H20N4O4S/c25-19(10-14-23-29(26,27)17-5-2-1-3-6-17)24-20-18(7-4-11-22-20)28-15-16-8-12-21-13-9-16/h1-9,11-13,23H,10,14-15H2,(H,22,24,25). The van der Waals surface area contributed by atoms with Gasteiger partial charge >= 0.3 is 0 Å². The number of carbonyl (C=O) groups excluding carboxylic acids is 1. The fourth-order valence-corrected chi connectivity index (χ4v) is 3.47. The van der Waals surface area contributed by atoms with Crippen molar-refractivity contribution in [2.75, 3.05) is 11.9 Å². The van der Waals surface area contributed by atoms with Gasteiger partial charge in [0.1, 0.15) is 6.61 Å². The van der Waals surface area contributed by atoms with E-state index >= 15 is 0 Å². The molecule has 2 heterocycles. The Morgan fingerprint density at radius 3 is 2.48 bits per heavy atom. The summed E-state index contributed by atoms with van der Waals surface area (Å²) in [5.41, 5.74) is 0.927. The van der Waals surface area contributed by atoms with Crippen LogP contribution in [-0.4, -0.2) is 30.8 Å². The van der Waals surface area contributed by atoms with Gasteiger partial charge in [0.15, 0.2) is 11.6 Å². The van der Waals surface area contributed by atoms with Gasteiger partial charge in [0, 0.05) is 31.6 Å². The SMILES string of the molecule is O=C(CCNS(=O)(=O)c1ccccc1)Nc1ncccc1OCc1ccncc1. The molecule has 3 aromatic rings. The van der Waals surface area contributed by atoms with Crippen molar-refractivity contribution in [3.05, 3.63) is 78.8 Å². The number of hydrogen-bond acceptors (Lipinski definition) is 6. The summed E-state index contributed by atoms with van der Waals surface area (Å²) in [6, 6.07) is 15.0. The number of aromatic nitrogens is 2. The molecule has 0 aliphatic carbocycles. The summed E-state index contributed by atoms with van der Waals surface area (Å²) in [4.78, 5) is 20.4. The number of ether oxygens (including phenoxy) is 1. The average Bonchev–Trinajstić information content (AvgIpc) is 2.74. The lowest BCUT2D eigenvalue weighted by Crippen LogP contribution is -2.28. The molecule has 29 heavy (non-hydrogen) atoms. The van der Waals surface area contributed by atoms with Crippen molar-refractivity contribution in [1.29, 1.82) is 0 Å². The predicted molar refractivity (Wildman–Crippen MR) is 108 cm³/mol. The first-order valence-electron chi connectivity index (χ1n) is 8.86. The van der Waals surface area contributed by atoms with Crippen LogP contribution in [0.25, 0.3) is 0 Å². The van der Waals surface area contributed by atoms with Crippen molar-refractivity contribution in [1.82, 2.24) is 14.7 Å². The number of pyridine rings is 2. The molecule has 0 unspecified atom stereocenters. The molecular formula is C20H20N4O4S. The molecule has 0 atom stereocenters. The molecule has 1 amide bonds. The fourth-order valence-electron chi connectivity index (χ4n) is 2.42. The molecule has 150 valence electrons. The quantitative estimate of drug-likeness (QED) is 0.558. The van der Waals surface area contributed by atoms with Gasteiger partial charge in [0.05, 0.1) is 4.90 Å². The number of sulfonamides is 1. The van der Waals surface area contributed by atoms with Crippen LogP contribution < -0.4 is 14.8 Å². The largest absolute Gasteiger partial charge is 0.485 e. The van der Waals surface area contributed by atoms with Crippen molar-refractivity contribution in [3.8, 4) is 5.75 Å². The molecule has 9 heteroatoms. The van der Waals surface area contributed by atoms with Gasteiger partial charge in [-0.1, -0.05) is 18.2 Å². The van der Waals surface area contributed by atoms with Crippen LogP contribution in [0.2, 0.25) is 0 Å². The number of carbonyl (C=O) groups is 1. The molecule has 0 saturated carbocycles. The van der Waals surface area contributed by atoms with Crippen LogP contribution in [0.5, 0.6) is 5.75 Å². The summed E-state index contributed by atoms with van der Waals surface area (Å²) >= 11 is 0. The van der Waals surface area contributed by atoms with Gasteiger partial charge in [-0.3, -0.25) is 9.78 Å². The number of anilines is 1. The van der Waals surface area contributed by atoms with Crippen LogP contribution in [0.4, 0.5) is 5.82 Å². The third-order valence-corrected chi connectivity index (χ3v) is 5.35. The Kier molecular flexibility index (Phi) is 6.88. The van der Waals surface area contributed by atoms with Crippen molar-refractivity contribution < 1.29 is 17.9 Å². The molecule has 0 aliphatic rings. The maximum absolute atomic E-state index is 12.2. The zero-order chi connectivity index (χ0) is 20.5. The number of nitrogens with zero attached hydrogens (tertiary/aromatic N) is 2. The van der Waals surface area contributed by atoms with E-state index in [1.165, 1.54) is 18.3 Å². The van der Waals surface area contributed by atoms with Crippen LogP contribution in [-0.2, 0) is 21.4 Å². The normalized spacial score (nSPS) is 11.0. The fraction of sp³-hybridized carbons (Fsp3) is 0.150. The molecule has 0 radical (unpaired) electrons. The van der Waals surface area contributed by atoms with Crippen molar-refractivity contribution in [2.45, 2.75) is 17.9 Å². The van der Waals surface area contributed by atoms with Gasteiger partial charge in [-0.2, -0.15) is 0 Å². The Balaban J connectivity index is 1.53. The summed E-state index contributed by atoms with van der Waals surface area (Å²) in [7, 11) is -3.65. The first kappa shape index (κ1) is 20.4. The number of hydrogen-bond donors (Lipinski definition) is 2. The topological polar surface area (TPSA) is 110 Å². The van der Waals surface area contributed by atoms with Crippen LogP contribution in [0.1, 0.15) is 12.0 Å². The third kappa shape index (κ3) is 6.09. The van der Waals surface area contributed by atoms with E-state index in [2.05, 4.69) is 20.0 Å². The molecule has 0 spiro atoms. The zero-order valence-electron chi connectivity index (χ0n) is 15.5. The Morgan fingerprint density at radius 2 is 1.72 bits per heavy atom. The molecular weight excluding hydrogens is 392 g/mol. The summed E-state index contributed by atoms with van der Waals surface area (Å²) in [5, 5.41) is 2.65. The maximum Gasteiger partial charge on any atom is 0.240 e. The molecule has 3 rings (SSSR count). The Hall–Kier alpha value is -3.30. The van der Waals surface area contributed by atoms with Gasteiger partial charge in [0.25, 0.3) is 0 Å². The third-order valence-electron chi connectivity index (χ3n) is 3.87. The van der Waals surface area contributed by atoms with E-state index in [1.54, 1.807) is 42.7 Å². The van der Waals surface area contributed by atoms with E-state index in [-0.39, 0.29) is 29.6 Å². The van der Waals surface area contributed by atoms with Gasteiger partial charge < -0.3 is 10.1 Å². The first-order chi connectivity index (χ1) is 14.0. The predicted octanol–water partition coefficient (Wildman–Crippen LogP) is 2.36. The molecule has 1 aromatic carbocycles. The van der Waals surface area contributed by atoms with E-state index in [0.717, 1.165) is 5.56 Å². The number of benzene rings is 1. The molecule has 0 aliphatic heterocycles. The number of rotatable bonds is 9. The minimum absolute atomic E-state index is 0.0386. The van der Waals surface area contributed by atoms with E-state index in [0.29, 0.717) is 12.4 Å². The molecule has 0 fully saturated rings. The van der Waals surface area contributed by atoms with E-state index in [1.807, 2.05) is 12.1 Å². The Labute approximate surface area is 169 Å². The lowest BCUT2D eigenvalue weighted by atomic mass is 10.3. The van der Waals surface area contributed by atoms with Crippen molar-refractivity contribution in [3.63, 3.8) is 0 Å². The lowest BCUT2D eigenvalue weighted by Gasteiger charge is -2.12. The molecule has 8 nitrogen and oxygen atoms in total. The van der Waals surface area contributed by atoms with E-state index in [4.69, 9.17) is 4.74 Å². The highest BCUT2D eigenvalue weighted by atomic mass is 32.2. The van der Waals surface area contributed by atoms with Crippen LogP contribution in [0.15, 0.2) is 78.1 Å². The van der Waals surface area contributed by atoms with Gasteiger partial charge in [-0.05, 0) is 42.0 Å². The highest BCUT2D eigenvalue weighted by molar-refractivity contribution is 7.89. The summed E-state index contributed by atoms with van der Waals surface area (Å²) in [6.45, 7) is 0.261. The highest BCUT2D eigenvalue weighted by Crippen LogP contribution is 2.22. The average molecular weight is 412 g/mol. The second-order valence-electron chi connectivity index (χ2n) is 6.00. The zero-order valence-corrected chi connectivity index (χ0v) is 16.3. The first-order valence-corrected chi connectivity index (χ1v) is 10.3. The van der Waals surface area contributed by atoms with E-state index in [9.17, 15) is 13.2 Å². The van der Waals surface area contributed by atoms with Crippen LogP contribution in [0, 0.1) is 0 Å². The highest BCUT2D eigenvalue weighted by Gasteiger charge is 2.14. The Morgan fingerprint density at radius 1 is 0.966 bits per heavy atom. The number of amides is 1. The molecule has 2 N–H and O–H groups in total. The van der Waals surface area contributed by atoms with E-state index < -0.39 is 10.0 Å². The van der Waals surface area contributed by atoms with Crippen molar-refractivity contribution >= 4 is 21.7 Å². The van der Waals surface area contributed by atoms with Gasteiger partial charge in [-0.25, -0.2) is 18.1 Å². The maximum atomic E-state index is 12.2. The van der Waals surface area contributed by atoms with Crippen LogP contribution in [0.3, 0.4) is 0 Å². The second-order valence-corrected chi connectivity index (χ2v) is 7.77. The lowest BCUT2D eigenvalue weighted by molar-refractivity contribution is -0.116. The molecule has 2 aromatic heterocycles.